The molecular weight excluding hydrogens is 668 g/mol. The van der Waals surface area contributed by atoms with Crippen LogP contribution < -0.4 is 18.9 Å². The maximum absolute atomic E-state index is 12.1. The van der Waals surface area contributed by atoms with Crippen molar-refractivity contribution in [1.82, 2.24) is 0 Å². The van der Waals surface area contributed by atoms with Crippen LogP contribution in [0.3, 0.4) is 0 Å². The molecule has 0 radical (unpaired) electrons. The molecule has 0 spiro atoms. The van der Waals surface area contributed by atoms with Crippen molar-refractivity contribution in [3.63, 3.8) is 0 Å². The standard InChI is InChI=1S/C45H42O8/c1-5-33(46)21-25-50-41-19-17-31(29-43(41)52-27-23-35(48)7-3)45(39-15-11-9-13-37(39)38-14-10-12-16-40(38)45)32-18-20-42(51-26-22-34(47)6-2)44(30-32)53-28-24-36(49)8-4/h5-20,29-30H,1-4,21-28H2. The summed E-state index contributed by atoms with van der Waals surface area (Å²) in [5, 5.41) is 0. The smallest absolute Gasteiger partial charge is 0.161 e. The minimum absolute atomic E-state index is 0.0816. The van der Waals surface area contributed by atoms with Crippen LogP contribution in [0.2, 0.25) is 0 Å². The van der Waals surface area contributed by atoms with Gasteiger partial charge in [-0.1, -0.05) is 87.0 Å². The van der Waals surface area contributed by atoms with E-state index in [4.69, 9.17) is 18.9 Å². The Hall–Kier alpha value is -6.28. The average Bonchev–Trinajstić information content (AvgIpc) is 3.49. The Bertz CT molecular complexity index is 1910. The highest BCUT2D eigenvalue weighted by Gasteiger charge is 2.46. The molecule has 0 heterocycles. The molecule has 0 aliphatic heterocycles. The van der Waals surface area contributed by atoms with Gasteiger partial charge in [-0.2, -0.15) is 0 Å². The first-order valence-electron chi connectivity index (χ1n) is 17.4. The van der Waals surface area contributed by atoms with Crippen molar-refractivity contribution in [2.45, 2.75) is 31.1 Å². The second-order valence-corrected chi connectivity index (χ2v) is 12.2. The van der Waals surface area contributed by atoms with E-state index < -0.39 is 5.41 Å². The number of carbonyl (C=O) groups is 4. The van der Waals surface area contributed by atoms with Gasteiger partial charge in [0.1, 0.15) is 0 Å². The third-order valence-electron chi connectivity index (χ3n) is 9.04. The third kappa shape index (κ3) is 8.45. The highest BCUT2D eigenvalue weighted by Crippen LogP contribution is 2.57. The third-order valence-corrected chi connectivity index (χ3v) is 9.04. The summed E-state index contributed by atoms with van der Waals surface area (Å²) in [5.41, 5.74) is 4.89. The zero-order valence-electron chi connectivity index (χ0n) is 29.6. The van der Waals surface area contributed by atoms with Gasteiger partial charge in [0.25, 0.3) is 0 Å². The van der Waals surface area contributed by atoms with Crippen LogP contribution in [0.1, 0.15) is 47.9 Å². The van der Waals surface area contributed by atoms with Crippen LogP contribution in [0.4, 0.5) is 0 Å². The van der Waals surface area contributed by atoms with Gasteiger partial charge in [-0.25, -0.2) is 0 Å². The van der Waals surface area contributed by atoms with Gasteiger partial charge in [-0.3, -0.25) is 19.2 Å². The molecule has 53 heavy (non-hydrogen) atoms. The predicted molar refractivity (Wildman–Crippen MR) is 205 cm³/mol. The minimum atomic E-state index is -0.911. The van der Waals surface area contributed by atoms with E-state index in [2.05, 4.69) is 50.6 Å². The van der Waals surface area contributed by atoms with Gasteiger partial charge in [-0.05, 0) is 82.0 Å². The predicted octanol–water partition coefficient (Wildman–Crippen LogP) is 8.15. The van der Waals surface area contributed by atoms with E-state index in [0.29, 0.717) is 23.0 Å². The largest absolute Gasteiger partial charge is 0.489 e. The molecule has 0 atom stereocenters. The highest BCUT2D eigenvalue weighted by atomic mass is 16.5. The molecule has 0 fully saturated rings. The number of hydrogen-bond acceptors (Lipinski definition) is 8. The van der Waals surface area contributed by atoms with Crippen molar-refractivity contribution in [2.24, 2.45) is 0 Å². The first-order chi connectivity index (χ1) is 25.8. The van der Waals surface area contributed by atoms with E-state index in [1.165, 1.54) is 24.3 Å². The van der Waals surface area contributed by atoms with Gasteiger partial charge in [0.15, 0.2) is 46.1 Å². The van der Waals surface area contributed by atoms with Gasteiger partial charge < -0.3 is 18.9 Å². The summed E-state index contributed by atoms with van der Waals surface area (Å²) in [6, 6.07) is 27.8. The molecule has 0 saturated heterocycles. The fourth-order valence-electron chi connectivity index (χ4n) is 6.43. The van der Waals surface area contributed by atoms with Crippen LogP contribution in [0.5, 0.6) is 23.0 Å². The van der Waals surface area contributed by atoms with Crippen LogP contribution >= 0.6 is 0 Å². The van der Waals surface area contributed by atoms with Crippen molar-refractivity contribution in [3.05, 3.63) is 158 Å². The first-order valence-corrected chi connectivity index (χ1v) is 17.4. The van der Waals surface area contributed by atoms with Crippen LogP contribution in [-0.4, -0.2) is 49.6 Å². The molecule has 0 unspecified atom stereocenters. The maximum atomic E-state index is 12.1. The second kappa shape index (κ2) is 17.8. The SMILES string of the molecule is C=CC(=O)CCOc1ccc(C2(c3ccc(OCCC(=O)C=C)c(OCCC(=O)C=C)c3)c3ccccc3-c3ccccc32)cc1OCCC(=O)C=C. The quantitative estimate of drug-likeness (QED) is 0.0663. The molecule has 1 aliphatic carbocycles. The average molecular weight is 711 g/mol. The summed E-state index contributed by atoms with van der Waals surface area (Å²) in [4.78, 5) is 48.1. The Morgan fingerprint density at radius 2 is 0.774 bits per heavy atom. The number of rotatable bonds is 22. The van der Waals surface area contributed by atoms with E-state index in [0.717, 1.165) is 33.4 Å². The lowest BCUT2D eigenvalue weighted by atomic mass is 9.67. The molecule has 1 aliphatic rings. The first kappa shape index (κ1) is 38.0. The van der Waals surface area contributed by atoms with Crippen LogP contribution in [-0.2, 0) is 24.6 Å². The Balaban J connectivity index is 1.69. The molecule has 0 bridgehead atoms. The fraction of sp³-hybridized carbons (Fsp3) is 0.200. The normalized spacial score (nSPS) is 12.0. The summed E-state index contributed by atoms with van der Waals surface area (Å²) in [6.07, 6.45) is 5.56. The summed E-state index contributed by atoms with van der Waals surface area (Å²) >= 11 is 0. The maximum Gasteiger partial charge on any atom is 0.161 e. The number of fused-ring (bicyclic) bond motifs is 3. The zero-order chi connectivity index (χ0) is 37.8. The highest BCUT2D eigenvalue weighted by molar-refractivity contribution is 5.90. The van der Waals surface area contributed by atoms with E-state index in [1.807, 2.05) is 60.7 Å². The second-order valence-electron chi connectivity index (χ2n) is 12.2. The van der Waals surface area contributed by atoms with Gasteiger partial charge in [0.05, 0.1) is 31.8 Å². The number of benzene rings is 4. The summed E-state index contributed by atoms with van der Waals surface area (Å²) in [5.74, 6) is 1.02. The molecule has 0 saturated carbocycles. The van der Waals surface area contributed by atoms with Crippen LogP contribution in [0.15, 0.2) is 136 Å². The lowest BCUT2D eigenvalue weighted by Crippen LogP contribution is -2.29. The zero-order valence-corrected chi connectivity index (χ0v) is 29.6. The van der Waals surface area contributed by atoms with E-state index in [1.54, 1.807) is 0 Å². The molecule has 4 aromatic rings. The fourth-order valence-corrected chi connectivity index (χ4v) is 6.43. The van der Waals surface area contributed by atoms with Crippen molar-refractivity contribution in [2.75, 3.05) is 26.4 Å². The molecule has 270 valence electrons. The van der Waals surface area contributed by atoms with Crippen molar-refractivity contribution in [1.29, 1.82) is 0 Å². The molecule has 0 N–H and O–H groups in total. The molecule has 4 aromatic carbocycles. The van der Waals surface area contributed by atoms with Crippen LogP contribution in [0.25, 0.3) is 11.1 Å². The van der Waals surface area contributed by atoms with E-state index >= 15 is 0 Å². The number of carbonyl (C=O) groups excluding carboxylic acids is 4. The number of hydrogen-bond donors (Lipinski definition) is 0. The summed E-state index contributed by atoms with van der Waals surface area (Å²) in [6.45, 7) is 14.6. The molecule has 8 heteroatoms. The monoisotopic (exact) mass is 710 g/mol. The Kier molecular flexibility index (Phi) is 12.7. The van der Waals surface area contributed by atoms with Crippen molar-refractivity contribution < 1.29 is 38.1 Å². The van der Waals surface area contributed by atoms with Gasteiger partial charge in [0, 0.05) is 25.7 Å². The van der Waals surface area contributed by atoms with Crippen LogP contribution in [0, 0.1) is 0 Å². The molecule has 8 nitrogen and oxygen atoms in total. The summed E-state index contributed by atoms with van der Waals surface area (Å²) in [7, 11) is 0. The van der Waals surface area contributed by atoms with Crippen molar-refractivity contribution >= 4 is 23.1 Å². The Labute approximate surface area is 310 Å². The van der Waals surface area contributed by atoms with E-state index in [-0.39, 0.29) is 75.2 Å². The minimum Gasteiger partial charge on any atom is -0.489 e. The van der Waals surface area contributed by atoms with E-state index in [9.17, 15) is 19.2 Å². The number of ether oxygens (including phenoxy) is 4. The summed E-state index contributed by atoms with van der Waals surface area (Å²) < 4.78 is 24.6. The number of ketones is 4. The lowest BCUT2D eigenvalue weighted by molar-refractivity contribution is -0.116. The molecule has 5 rings (SSSR count). The van der Waals surface area contributed by atoms with Gasteiger partial charge >= 0.3 is 0 Å². The van der Waals surface area contributed by atoms with Crippen molar-refractivity contribution in [3.8, 4) is 34.1 Å². The lowest BCUT2D eigenvalue weighted by Gasteiger charge is -2.34. The molecule has 0 aromatic heterocycles. The van der Waals surface area contributed by atoms with Gasteiger partial charge in [0.2, 0.25) is 0 Å². The molecule has 0 amide bonds. The number of allylic oxidation sites excluding steroid dienone is 4. The van der Waals surface area contributed by atoms with Gasteiger partial charge in [-0.15, -0.1) is 0 Å². The Morgan fingerprint density at radius 1 is 0.453 bits per heavy atom. The molecular formula is C45H42O8. The Morgan fingerprint density at radius 3 is 1.11 bits per heavy atom. The topological polar surface area (TPSA) is 105 Å².